The summed E-state index contributed by atoms with van der Waals surface area (Å²) in [5.74, 6) is 0.0170. The molecule has 0 aromatic carbocycles. The number of anilines is 1. The van der Waals surface area contributed by atoms with Gasteiger partial charge in [0, 0.05) is 38.2 Å². The van der Waals surface area contributed by atoms with Crippen LogP contribution in [0.1, 0.15) is 91.2 Å². The van der Waals surface area contributed by atoms with E-state index in [2.05, 4.69) is 15.3 Å². The van der Waals surface area contributed by atoms with Crippen LogP contribution < -0.4 is 5.32 Å². The van der Waals surface area contributed by atoms with Crippen molar-refractivity contribution >= 4 is 34.1 Å². The topological polar surface area (TPSA) is 92.3 Å². The van der Waals surface area contributed by atoms with Crippen LogP contribution >= 0.6 is 11.3 Å². The highest BCUT2D eigenvalue weighted by atomic mass is 32.1. The highest BCUT2D eigenvalue weighted by molar-refractivity contribution is 7.17. The lowest BCUT2D eigenvalue weighted by Gasteiger charge is -2.38. The van der Waals surface area contributed by atoms with Crippen molar-refractivity contribution in [3.63, 3.8) is 0 Å². The van der Waals surface area contributed by atoms with Gasteiger partial charge in [-0.2, -0.15) is 0 Å². The molecule has 7 nitrogen and oxygen atoms in total. The molecular formula is C26H32N4O3S. The second-order valence-corrected chi connectivity index (χ2v) is 10.9. The minimum atomic E-state index is -0.398. The number of nitrogens with one attached hydrogen (secondary N) is 1. The minimum absolute atomic E-state index is 0.0107. The number of likely N-dealkylation sites (tertiary alicyclic amines) is 1. The molecule has 1 saturated heterocycles. The number of thiazole rings is 1. The molecule has 5 rings (SSSR count). The van der Waals surface area contributed by atoms with Gasteiger partial charge in [-0.05, 0) is 49.7 Å². The molecule has 0 bridgehead atoms. The molecule has 1 saturated carbocycles. The maximum Gasteiger partial charge on any atom is 0.227 e. The van der Waals surface area contributed by atoms with E-state index in [0.717, 1.165) is 37.7 Å². The molecule has 0 unspecified atom stereocenters. The van der Waals surface area contributed by atoms with Crippen molar-refractivity contribution in [2.75, 3.05) is 11.9 Å². The summed E-state index contributed by atoms with van der Waals surface area (Å²) in [5.41, 5.74) is 1.71. The fourth-order valence-electron chi connectivity index (χ4n) is 5.73. The SMILES string of the molecule is O=C(CC1CCCCC1)Nc1nc2c(s1)C(=O)C[C@H](C(=O)N1CCCC[C@@H]1c1cccnc1)C2. The molecule has 3 heterocycles. The first-order valence-electron chi connectivity index (χ1n) is 12.6. The Hall–Kier alpha value is -2.61. The molecule has 2 amide bonds. The van der Waals surface area contributed by atoms with Crippen LogP contribution in [0.25, 0.3) is 0 Å². The number of pyridine rings is 1. The smallest absolute Gasteiger partial charge is 0.227 e. The van der Waals surface area contributed by atoms with Crippen molar-refractivity contribution in [2.24, 2.45) is 11.8 Å². The Labute approximate surface area is 204 Å². The Kier molecular flexibility index (Phi) is 7.04. The summed E-state index contributed by atoms with van der Waals surface area (Å²) < 4.78 is 0. The summed E-state index contributed by atoms with van der Waals surface area (Å²) in [6.07, 6.45) is 13.6. The Morgan fingerprint density at radius 3 is 2.71 bits per heavy atom. The number of aromatic nitrogens is 2. The first-order valence-corrected chi connectivity index (χ1v) is 13.4. The van der Waals surface area contributed by atoms with Gasteiger partial charge in [-0.3, -0.25) is 19.4 Å². The number of ketones is 1. The van der Waals surface area contributed by atoms with Gasteiger partial charge in [-0.1, -0.05) is 36.7 Å². The summed E-state index contributed by atoms with van der Waals surface area (Å²) in [6, 6.07) is 3.94. The lowest BCUT2D eigenvalue weighted by Crippen LogP contribution is -2.44. The predicted octanol–water partition coefficient (Wildman–Crippen LogP) is 4.95. The molecule has 2 aromatic heterocycles. The number of hydrogen-bond acceptors (Lipinski definition) is 6. The number of rotatable bonds is 5. The summed E-state index contributed by atoms with van der Waals surface area (Å²) in [5, 5.41) is 3.40. The predicted molar refractivity (Wildman–Crippen MR) is 131 cm³/mol. The number of carbonyl (C=O) groups excluding carboxylic acids is 3. The van der Waals surface area contributed by atoms with Gasteiger partial charge in [0.1, 0.15) is 0 Å². The van der Waals surface area contributed by atoms with E-state index in [-0.39, 0.29) is 30.1 Å². The van der Waals surface area contributed by atoms with Gasteiger partial charge < -0.3 is 10.2 Å². The molecule has 3 aliphatic rings. The fraction of sp³-hybridized carbons (Fsp3) is 0.577. The molecule has 2 atom stereocenters. The average molecular weight is 481 g/mol. The number of carbonyl (C=O) groups is 3. The Balaban J connectivity index is 1.26. The van der Waals surface area contributed by atoms with E-state index in [1.807, 2.05) is 23.2 Å². The van der Waals surface area contributed by atoms with Gasteiger partial charge in [0.05, 0.1) is 22.5 Å². The molecule has 0 radical (unpaired) electrons. The monoisotopic (exact) mass is 480 g/mol. The Bertz CT molecular complexity index is 1050. The van der Waals surface area contributed by atoms with E-state index in [9.17, 15) is 14.4 Å². The zero-order valence-corrected chi connectivity index (χ0v) is 20.3. The van der Waals surface area contributed by atoms with Crippen LogP contribution in [0, 0.1) is 11.8 Å². The van der Waals surface area contributed by atoms with E-state index in [1.54, 1.807) is 6.20 Å². The number of Topliss-reactive ketones (excluding diaryl/α,β-unsaturated/α-hetero) is 1. The molecule has 8 heteroatoms. The van der Waals surface area contributed by atoms with E-state index in [0.29, 0.717) is 41.0 Å². The molecule has 2 fully saturated rings. The third kappa shape index (κ3) is 5.06. The van der Waals surface area contributed by atoms with Gasteiger partial charge in [-0.15, -0.1) is 0 Å². The van der Waals surface area contributed by atoms with Gasteiger partial charge in [0.2, 0.25) is 11.8 Å². The molecule has 34 heavy (non-hydrogen) atoms. The van der Waals surface area contributed by atoms with Crippen LogP contribution in [0.3, 0.4) is 0 Å². The van der Waals surface area contributed by atoms with Crippen LogP contribution in [0.5, 0.6) is 0 Å². The highest BCUT2D eigenvalue weighted by Crippen LogP contribution is 2.37. The molecule has 2 aliphatic carbocycles. The Morgan fingerprint density at radius 1 is 1.09 bits per heavy atom. The molecule has 1 aliphatic heterocycles. The Morgan fingerprint density at radius 2 is 1.91 bits per heavy atom. The van der Waals surface area contributed by atoms with Crippen molar-refractivity contribution < 1.29 is 14.4 Å². The van der Waals surface area contributed by atoms with Crippen molar-refractivity contribution in [1.29, 1.82) is 0 Å². The third-order valence-electron chi connectivity index (χ3n) is 7.47. The number of piperidine rings is 1. The molecule has 1 N–H and O–H groups in total. The summed E-state index contributed by atoms with van der Waals surface area (Å²) in [6.45, 7) is 0.704. The maximum absolute atomic E-state index is 13.6. The molecular weight excluding hydrogens is 448 g/mol. The molecule has 0 spiro atoms. The van der Waals surface area contributed by atoms with Crippen molar-refractivity contribution in [3.05, 3.63) is 40.7 Å². The van der Waals surface area contributed by atoms with Crippen LogP contribution in [-0.4, -0.2) is 39.0 Å². The summed E-state index contributed by atoms with van der Waals surface area (Å²) >= 11 is 1.25. The second kappa shape index (κ2) is 10.3. The number of nitrogens with zero attached hydrogens (tertiary/aromatic N) is 3. The van der Waals surface area contributed by atoms with Crippen LogP contribution in [-0.2, 0) is 16.0 Å². The number of hydrogen-bond donors (Lipinski definition) is 1. The zero-order valence-electron chi connectivity index (χ0n) is 19.5. The number of fused-ring (bicyclic) bond motifs is 1. The normalized spacial score (nSPS) is 23.4. The number of amides is 2. The fourth-order valence-corrected chi connectivity index (χ4v) is 6.69. The second-order valence-electron chi connectivity index (χ2n) is 9.91. The third-order valence-corrected chi connectivity index (χ3v) is 8.53. The van der Waals surface area contributed by atoms with Crippen LogP contribution in [0.15, 0.2) is 24.5 Å². The molecule has 2 aromatic rings. The van der Waals surface area contributed by atoms with E-state index in [1.165, 1.54) is 30.6 Å². The van der Waals surface area contributed by atoms with Crippen molar-refractivity contribution in [3.8, 4) is 0 Å². The largest absolute Gasteiger partial charge is 0.335 e. The summed E-state index contributed by atoms with van der Waals surface area (Å²) in [4.78, 5) is 50.4. The lowest BCUT2D eigenvalue weighted by atomic mass is 9.87. The van der Waals surface area contributed by atoms with E-state index < -0.39 is 5.92 Å². The minimum Gasteiger partial charge on any atom is -0.335 e. The first-order chi connectivity index (χ1) is 16.6. The summed E-state index contributed by atoms with van der Waals surface area (Å²) in [7, 11) is 0. The molecule has 180 valence electrons. The zero-order chi connectivity index (χ0) is 23.5. The quantitative estimate of drug-likeness (QED) is 0.654. The van der Waals surface area contributed by atoms with Gasteiger partial charge in [-0.25, -0.2) is 4.98 Å². The average Bonchev–Trinajstić information content (AvgIpc) is 3.27. The van der Waals surface area contributed by atoms with Crippen LogP contribution in [0.4, 0.5) is 5.13 Å². The van der Waals surface area contributed by atoms with Gasteiger partial charge >= 0.3 is 0 Å². The van der Waals surface area contributed by atoms with Crippen molar-refractivity contribution in [2.45, 2.75) is 76.7 Å². The van der Waals surface area contributed by atoms with Gasteiger partial charge in [0.25, 0.3) is 0 Å². The van der Waals surface area contributed by atoms with Gasteiger partial charge in [0.15, 0.2) is 10.9 Å². The van der Waals surface area contributed by atoms with Crippen LogP contribution in [0.2, 0.25) is 0 Å². The highest BCUT2D eigenvalue weighted by Gasteiger charge is 2.38. The first kappa shape index (κ1) is 23.1. The van der Waals surface area contributed by atoms with E-state index >= 15 is 0 Å². The lowest BCUT2D eigenvalue weighted by molar-refractivity contribution is -0.139. The van der Waals surface area contributed by atoms with E-state index in [4.69, 9.17) is 0 Å². The standard InChI is InChI=1S/C26H32N4O3S/c31-22-15-19(25(33)30-12-5-4-10-21(30)18-9-6-11-27-16-18)14-20-24(22)34-26(28-20)29-23(32)13-17-7-2-1-3-8-17/h6,9,11,16-17,19,21H,1-5,7-8,10,12-15H2,(H,28,29,32)/t19-,21-/m1/s1. The van der Waals surface area contributed by atoms with Crippen molar-refractivity contribution in [1.82, 2.24) is 14.9 Å². The maximum atomic E-state index is 13.6.